The molecule has 6 rings (SSSR count). The molecule has 0 spiro atoms. The molecule has 1 saturated carbocycles. The highest BCUT2D eigenvalue weighted by molar-refractivity contribution is 7.13. The number of hydrogen-bond donors (Lipinski definition) is 2. The summed E-state index contributed by atoms with van der Waals surface area (Å²) in [5, 5.41) is 18.5. The van der Waals surface area contributed by atoms with E-state index in [1.54, 1.807) is 0 Å². The van der Waals surface area contributed by atoms with Gasteiger partial charge in [0.2, 0.25) is 0 Å². The van der Waals surface area contributed by atoms with Gasteiger partial charge in [-0.05, 0) is 55.6 Å². The maximum atomic E-state index is 11.5. The van der Waals surface area contributed by atoms with Crippen molar-refractivity contribution in [2.45, 2.75) is 69.5 Å². The molecule has 3 aliphatic rings. The van der Waals surface area contributed by atoms with Crippen LogP contribution < -0.4 is 5.32 Å². The lowest BCUT2D eigenvalue weighted by Gasteiger charge is -2.39. The van der Waals surface area contributed by atoms with Crippen molar-refractivity contribution in [1.29, 1.82) is 0 Å². The van der Waals surface area contributed by atoms with E-state index in [1.165, 1.54) is 11.5 Å². The molecule has 5 heterocycles. The van der Waals surface area contributed by atoms with E-state index >= 15 is 0 Å². The fraction of sp³-hybridized carbons (Fsp3) is 0.654. The average Bonchev–Trinajstić information content (AvgIpc) is 3.57. The van der Waals surface area contributed by atoms with Crippen molar-refractivity contribution in [1.82, 2.24) is 29.0 Å². The molecular weight excluding hydrogens is 506 g/mol. The van der Waals surface area contributed by atoms with Gasteiger partial charge in [-0.25, -0.2) is 9.97 Å². The van der Waals surface area contributed by atoms with Crippen LogP contribution in [0.1, 0.15) is 61.6 Å². The quantitative estimate of drug-likeness (QED) is 0.439. The molecule has 0 radical (unpaired) electrons. The smallest absolute Gasteiger partial charge is 0.309 e. The minimum atomic E-state index is -0.904. The summed E-state index contributed by atoms with van der Waals surface area (Å²) in [6, 6.07) is 1.26. The molecule has 11 nitrogen and oxygen atoms in total. The number of morpholine rings is 1. The first-order chi connectivity index (χ1) is 18.6. The van der Waals surface area contributed by atoms with Gasteiger partial charge in [-0.15, -0.1) is 0 Å². The van der Waals surface area contributed by atoms with Gasteiger partial charge in [0, 0.05) is 51.0 Å². The Hall–Kier alpha value is -2.67. The van der Waals surface area contributed by atoms with Crippen LogP contribution in [0.2, 0.25) is 0 Å². The molecule has 0 unspecified atom stereocenters. The number of nitrogens with zero attached hydrogens (tertiary/aromatic N) is 6. The van der Waals surface area contributed by atoms with E-state index in [2.05, 4.69) is 25.9 Å². The molecule has 204 valence electrons. The van der Waals surface area contributed by atoms with Crippen molar-refractivity contribution in [2.75, 3.05) is 44.8 Å². The zero-order valence-corrected chi connectivity index (χ0v) is 22.4. The Morgan fingerprint density at radius 2 is 1.79 bits per heavy atom. The number of nitrogens with one attached hydrogen (secondary N) is 1. The first-order valence-electron chi connectivity index (χ1n) is 13.7. The van der Waals surface area contributed by atoms with Crippen LogP contribution in [-0.4, -0.2) is 91.7 Å². The number of aliphatic carboxylic acids is 1. The van der Waals surface area contributed by atoms with Crippen LogP contribution >= 0.6 is 11.5 Å². The second-order valence-corrected chi connectivity index (χ2v) is 11.3. The van der Waals surface area contributed by atoms with Crippen molar-refractivity contribution >= 4 is 33.5 Å². The molecule has 3 fully saturated rings. The number of aromatic nitrogens is 5. The second-order valence-electron chi connectivity index (χ2n) is 10.5. The Kier molecular flexibility index (Phi) is 7.82. The molecule has 38 heavy (non-hydrogen) atoms. The Bertz CT molecular complexity index is 1240. The van der Waals surface area contributed by atoms with Gasteiger partial charge in [0.1, 0.15) is 16.5 Å². The van der Waals surface area contributed by atoms with Crippen molar-refractivity contribution in [2.24, 2.45) is 0 Å². The third-order valence-electron chi connectivity index (χ3n) is 7.95. The third-order valence-corrected chi connectivity index (χ3v) is 8.73. The standard InChI is InChI=1S/C26H35N7O4S/c34-23(35)14-21-24-25(28-18-1-3-19(4-2-18)32-7-11-37-12-8-32)29-22(30-26(24)38-31-21)13-17-15-27-33(16-17)20-5-9-36-10-6-20/h15-16,18-20H,1-14H2,(H,34,35)(H,28,29,30). The summed E-state index contributed by atoms with van der Waals surface area (Å²) in [7, 11) is 0. The molecule has 0 atom stereocenters. The van der Waals surface area contributed by atoms with Crippen LogP contribution in [0.4, 0.5) is 5.82 Å². The van der Waals surface area contributed by atoms with E-state index in [0.29, 0.717) is 35.8 Å². The van der Waals surface area contributed by atoms with Gasteiger partial charge in [-0.2, -0.15) is 9.47 Å². The molecule has 2 aliphatic heterocycles. The van der Waals surface area contributed by atoms with E-state index in [-0.39, 0.29) is 12.5 Å². The number of rotatable bonds is 8. The number of carboxylic acid groups (broad SMARTS) is 1. The SMILES string of the molecule is O=C(O)Cc1nsc2nc(Cc3cnn(C4CCOCC4)c3)nc(NC3CCC(N4CCOCC4)CC3)c12. The summed E-state index contributed by atoms with van der Waals surface area (Å²) in [4.78, 5) is 24.5. The summed E-state index contributed by atoms with van der Waals surface area (Å²) < 4.78 is 17.5. The third kappa shape index (κ3) is 5.83. The van der Waals surface area contributed by atoms with Crippen LogP contribution in [0.3, 0.4) is 0 Å². The summed E-state index contributed by atoms with van der Waals surface area (Å²) in [5.74, 6) is 0.500. The van der Waals surface area contributed by atoms with Gasteiger partial charge in [0.15, 0.2) is 0 Å². The number of anilines is 1. The topological polar surface area (TPSA) is 128 Å². The Labute approximate surface area is 225 Å². The average molecular weight is 542 g/mol. The van der Waals surface area contributed by atoms with Gasteiger partial charge in [-0.3, -0.25) is 14.4 Å². The number of carboxylic acids is 1. The fourth-order valence-electron chi connectivity index (χ4n) is 5.92. The summed E-state index contributed by atoms with van der Waals surface area (Å²) >= 11 is 1.25. The highest BCUT2D eigenvalue weighted by Crippen LogP contribution is 2.32. The summed E-state index contributed by atoms with van der Waals surface area (Å²) in [6.07, 6.45) is 10.7. The van der Waals surface area contributed by atoms with Crippen molar-refractivity contribution in [3.63, 3.8) is 0 Å². The monoisotopic (exact) mass is 541 g/mol. The summed E-state index contributed by atoms with van der Waals surface area (Å²) in [5.41, 5.74) is 1.59. The largest absolute Gasteiger partial charge is 0.481 e. The second kappa shape index (κ2) is 11.6. The van der Waals surface area contributed by atoms with Crippen LogP contribution in [0, 0.1) is 0 Å². The molecule has 0 bridgehead atoms. The van der Waals surface area contributed by atoms with Crippen molar-refractivity contribution in [3.8, 4) is 0 Å². The van der Waals surface area contributed by atoms with Gasteiger partial charge in [-0.1, -0.05) is 0 Å². The molecule has 0 aromatic carbocycles. The van der Waals surface area contributed by atoms with Crippen LogP contribution in [0.25, 0.3) is 10.2 Å². The Morgan fingerprint density at radius 1 is 1.03 bits per heavy atom. The lowest BCUT2D eigenvalue weighted by Crippen LogP contribution is -2.46. The minimum Gasteiger partial charge on any atom is -0.481 e. The van der Waals surface area contributed by atoms with E-state index < -0.39 is 5.97 Å². The Balaban J connectivity index is 1.20. The van der Waals surface area contributed by atoms with E-state index in [0.717, 1.165) is 93.8 Å². The zero-order chi connectivity index (χ0) is 25.9. The van der Waals surface area contributed by atoms with E-state index in [4.69, 9.17) is 19.4 Å². The number of carbonyl (C=O) groups is 1. The number of fused-ring (bicyclic) bond motifs is 1. The predicted octanol–water partition coefficient (Wildman–Crippen LogP) is 2.91. The van der Waals surface area contributed by atoms with Crippen molar-refractivity contribution < 1.29 is 19.4 Å². The molecular formula is C26H35N7O4S. The minimum absolute atomic E-state index is 0.140. The number of ether oxygens (including phenoxy) is 2. The normalized spacial score (nSPS) is 23.6. The van der Waals surface area contributed by atoms with Gasteiger partial charge in [0.25, 0.3) is 0 Å². The predicted molar refractivity (Wildman–Crippen MR) is 143 cm³/mol. The molecule has 12 heteroatoms. The molecule has 1 aliphatic carbocycles. The van der Waals surface area contributed by atoms with E-state index in [9.17, 15) is 9.90 Å². The maximum absolute atomic E-state index is 11.5. The van der Waals surface area contributed by atoms with Gasteiger partial charge in [0.05, 0.1) is 43.0 Å². The molecule has 3 aromatic rings. The summed E-state index contributed by atoms with van der Waals surface area (Å²) in [6.45, 7) is 5.22. The van der Waals surface area contributed by atoms with Crippen LogP contribution in [-0.2, 0) is 27.1 Å². The highest BCUT2D eigenvalue weighted by Gasteiger charge is 2.28. The lowest BCUT2D eigenvalue weighted by molar-refractivity contribution is -0.136. The van der Waals surface area contributed by atoms with Gasteiger partial charge >= 0.3 is 5.97 Å². The first-order valence-corrected chi connectivity index (χ1v) is 14.5. The van der Waals surface area contributed by atoms with E-state index in [1.807, 2.05) is 10.9 Å². The Morgan fingerprint density at radius 3 is 2.55 bits per heavy atom. The highest BCUT2D eigenvalue weighted by atomic mass is 32.1. The maximum Gasteiger partial charge on any atom is 0.309 e. The fourth-order valence-corrected chi connectivity index (χ4v) is 6.73. The molecule has 2 N–H and O–H groups in total. The molecule has 0 amide bonds. The molecule has 3 aromatic heterocycles. The lowest BCUT2D eigenvalue weighted by atomic mass is 9.90. The molecule has 2 saturated heterocycles. The zero-order valence-electron chi connectivity index (χ0n) is 21.5. The van der Waals surface area contributed by atoms with Gasteiger partial charge < -0.3 is 19.9 Å². The first kappa shape index (κ1) is 25.6. The van der Waals surface area contributed by atoms with Crippen LogP contribution in [0.15, 0.2) is 12.4 Å². The van der Waals surface area contributed by atoms with Crippen molar-refractivity contribution in [3.05, 3.63) is 29.5 Å². The number of hydrogen-bond acceptors (Lipinski definition) is 10. The van der Waals surface area contributed by atoms with Crippen LogP contribution in [0.5, 0.6) is 0 Å².